The van der Waals surface area contributed by atoms with Gasteiger partial charge in [-0.1, -0.05) is 35.7 Å². The molecule has 0 heterocycles. The fourth-order valence-electron chi connectivity index (χ4n) is 1.84. The third kappa shape index (κ3) is 6.86. The largest absolute Gasteiger partial charge is 0.479 e. The van der Waals surface area contributed by atoms with Crippen molar-refractivity contribution in [3.63, 3.8) is 0 Å². The van der Waals surface area contributed by atoms with Gasteiger partial charge in [-0.05, 0) is 74.4 Å². The number of hydrogen-bond acceptors (Lipinski definition) is 6. The summed E-state index contributed by atoms with van der Waals surface area (Å²) in [4.78, 5) is 0. The topological polar surface area (TPSA) is 18.5 Å². The minimum Gasteiger partial charge on any atom is -0.479 e. The van der Waals surface area contributed by atoms with Gasteiger partial charge in [-0.15, -0.1) is 0 Å². The van der Waals surface area contributed by atoms with Crippen LogP contribution in [-0.2, 0) is 21.0 Å². The summed E-state index contributed by atoms with van der Waals surface area (Å²) in [5, 5.41) is 0. The Labute approximate surface area is 152 Å². The van der Waals surface area contributed by atoms with Gasteiger partial charge in [0, 0.05) is 11.5 Å². The van der Waals surface area contributed by atoms with Crippen molar-refractivity contribution in [1.29, 1.82) is 0 Å². The molecule has 0 radical (unpaired) electrons. The van der Waals surface area contributed by atoms with Crippen molar-refractivity contribution in [2.45, 2.75) is 39.2 Å². The van der Waals surface area contributed by atoms with E-state index in [1.165, 1.54) is 22.3 Å². The molecule has 2 nitrogen and oxygen atoms in total. The molecule has 0 spiro atoms. The minimum absolute atomic E-state index is 0.612. The van der Waals surface area contributed by atoms with E-state index in [-0.39, 0.29) is 0 Å². The molecule has 0 atom stereocenters. The van der Waals surface area contributed by atoms with Gasteiger partial charge in [0.25, 0.3) is 0 Å². The van der Waals surface area contributed by atoms with Crippen molar-refractivity contribution in [3.05, 3.63) is 34.4 Å². The maximum atomic E-state index is 5.31. The highest BCUT2D eigenvalue weighted by atomic mass is 32.2. The van der Waals surface area contributed by atoms with Crippen LogP contribution in [-0.4, -0.2) is 22.0 Å². The van der Waals surface area contributed by atoms with Gasteiger partial charge < -0.3 is 9.47 Å². The summed E-state index contributed by atoms with van der Waals surface area (Å²) >= 11 is 13.5. The number of hydrogen-bond donors (Lipinski definition) is 0. The second kappa shape index (κ2) is 10.5. The molecule has 0 amide bonds. The number of thioether (sulfide) groups is 2. The maximum absolute atomic E-state index is 5.31. The van der Waals surface area contributed by atoms with Gasteiger partial charge in [0.15, 0.2) is 0 Å². The molecule has 0 bridgehead atoms. The monoisotopic (exact) mass is 374 g/mol. The molecule has 0 fully saturated rings. The Morgan fingerprint density at radius 2 is 1.23 bits per heavy atom. The van der Waals surface area contributed by atoms with E-state index in [4.69, 9.17) is 33.9 Å². The quantitative estimate of drug-likeness (QED) is 0.615. The molecule has 0 aliphatic carbocycles. The number of benzene rings is 1. The lowest BCUT2D eigenvalue weighted by atomic mass is 10.0. The Hall–Kier alpha value is -0.300. The van der Waals surface area contributed by atoms with E-state index in [0.717, 1.165) is 11.5 Å². The molecule has 1 rings (SSSR count). The molecule has 6 heteroatoms. The standard InChI is InChI=1S/C16H22O2S4/c1-5-17-15(19)21-9-13-7-12(4)14(8-11(13)3)10-22-16(20)18-6-2/h7-8H,5-6,9-10H2,1-4H3. The van der Waals surface area contributed by atoms with Gasteiger partial charge >= 0.3 is 0 Å². The summed E-state index contributed by atoms with van der Waals surface area (Å²) in [5.41, 5.74) is 5.14. The molecule has 122 valence electrons. The van der Waals surface area contributed by atoms with Crippen molar-refractivity contribution in [2.24, 2.45) is 0 Å². The summed E-state index contributed by atoms with van der Waals surface area (Å²) in [6.07, 6.45) is 0. The molecule has 0 saturated heterocycles. The average Bonchev–Trinajstić information content (AvgIpc) is 2.47. The van der Waals surface area contributed by atoms with Crippen LogP contribution in [0, 0.1) is 13.8 Å². The smallest absolute Gasteiger partial charge is 0.220 e. The van der Waals surface area contributed by atoms with Gasteiger partial charge in [-0.3, -0.25) is 0 Å². The van der Waals surface area contributed by atoms with Crippen LogP contribution in [0.5, 0.6) is 0 Å². The molecular weight excluding hydrogens is 352 g/mol. The van der Waals surface area contributed by atoms with Crippen LogP contribution < -0.4 is 0 Å². The van der Waals surface area contributed by atoms with Crippen molar-refractivity contribution in [2.75, 3.05) is 13.2 Å². The highest BCUT2D eigenvalue weighted by Crippen LogP contribution is 2.25. The molecule has 1 aromatic rings. The van der Waals surface area contributed by atoms with Crippen molar-refractivity contribution >= 4 is 56.7 Å². The Kier molecular flexibility index (Phi) is 9.40. The second-order valence-corrected chi connectivity index (χ2v) is 7.80. The van der Waals surface area contributed by atoms with Crippen molar-refractivity contribution in [3.8, 4) is 0 Å². The van der Waals surface area contributed by atoms with Gasteiger partial charge in [0.1, 0.15) is 0 Å². The molecule has 0 aromatic heterocycles. The lowest BCUT2D eigenvalue weighted by molar-refractivity contribution is 0.346. The lowest BCUT2D eigenvalue weighted by Gasteiger charge is -2.12. The summed E-state index contributed by atoms with van der Waals surface area (Å²) in [5.74, 6) is 1.69. The van der Waals surface area contributed by atoms with Crippen LogP contribution in [0.4, 0.5) is 0 Å². The summed E-state index contributed by atoms with van der Waals surface area (Å²) < 4.78 is 11.8. The van der Waals surface area contributed by atoms with E-state index in [2.05, 4.69) is 26.0 Å². The van der Waals surface area contributed by atoms with Crippen LogP contribution in [0.3, 0.4) is 0 Å². The van der Waals surface area contributed by atoms with E-state index in [1.54, 1.807) is 23.5 Å². The fourth-order valence-corrected chi connectivity index (χ4v) is 4.00. The summed E-state index contributed by atoms with van der Waals surface area (Å²) in [6.45, 7) is 9.41. The van der Waals surface area contributed by atoms with E-state index in [1.807, 2.05) is 13.8 Å². The van der Waals surface area contributed by atoms with Crippen molar-refractivity contribution in [1.82, 2.24) is 0 Å². The van der Waals surface area contributed by atoms with E-state index < -0.39 is 0 Å². The van der Waals surface area contributed by atoms with Crippen LogP contribution in [0.1, 0.15) is 36.1 Å². The Morgan fingerprint density at radius 3 is 1.55 bits per heavy atom. The first kappa shape index (κ1) is 19.7. The van der Waals surface area contributed by atoms with Crippen LogP contribution in [0.2, 0.25) is 0 Å². The maximum Gasteiger partial charge on any atom is 0.220 e. The molecule has 0 aliphatic heterocycles. The lowest BCUT2D eigenvalue weighted by Crippen LogP contribution is -2.00. The Morgan fingerprint density at radius 1 is 0.864 bits per heavy atom. The average molecular weight is 375 g/mol. The normalized spacial score (nSPS) is 10.4. The number of rotatable bonds is 6. The first-order valence-electron chi connectivity index (χ1n) is 7.16. The first-order valence-corrected chi connectivity index (χ1v) is 9.94. The molecule has 0 saturated carbocycles. The highest BCUT2D eigenvalue weighted by molar-refractivity contribution is 8.22. The molecule has 0 aliphatic rings. The summed E-state index contributed by atoms with van der Waals surface area (Å²) in [7, 11) is 0. The van der Waals surface area contributed by atoms with Gasteiger partial charge in [0.05, 0.1) is 13.2 Å². The van der Waals surface area contributed by atoms with Crippen LogP contribution in [0.25, 0.3) is 0 Å². The minimum atomic E-state index is 0.612. The predicted molar refractivity (Wildman–Crippen MR) is 107 cm³/mol. The van der Waals surface area contributed by atoms with Crippen molar-refractivity contribution < 1.29 is 9.47 Å². The van der Waals surface area contributed by atoms with E-state index in [0.29, 0.717) is 22.0 Å². The first-order chi connectivity index (χ1) is 10.5. The molecule has 22 heavy (non-hydrogen) atoms. The number of thiocarbonyl (C=S) groups is 2. The van der Waals surface area contributed by atoms with Gasteiger partial charge in [-0.25, -0.2) is 0 Å². The Bertz CT molecular complexity index is 481. The van der Waals surface area contributed by atoms with E-state index >= 15 is 0 Å². The molecule has 0 unspecified atom stereocenters. The van der Waals surface area contributed by atoms with Gasteiger partial charge in [0.2, 0.25) is 8.77 Å². The van der Waals surface area contributed by atoms with Crippen LogP contribution >= 0.6 is 48.0 Å². The zero-order valence-electron chi connectivity index (χ0n) is 13.4. The molecular formula is C16H22O2S4. The summed E-state index contributed by atoms with van der Waals surface area (Å²) in [6, 6.07) is 4.47. The fraction of sp³-hybridized carbons (Fsp3) is 0.500. The Balaban J connectivity index is 2.67. The predicted octanol–water partition coefficient (Wildman–Crippen LogP) is 5.41. The third-order valence-electron chi connectivity index (χ3n) is 3.01. The molecule has 0 N–H and O–H groups in total. The van der Waals surface area contributed by atoms with Crippen LogP contribution in [0.15, 0.2) is 12.1 Å². The van der Waals surface area contributed by atoms with Gasteiger partial charge in [-0.2, -0.15) is 0 Å². The van der Waals surface area contributed by atoms with E-state index in [9.17, 15) is 0 Å². The zero-order chi connectivity index (χ0) is 16.5. The highest BCUT2D eigenvalue weighted by Gasteiger charge is 2.08. The number of aryl methyl sites for hydroxylation is 2. The third-order valence-corrected chi connectivity index (χ3v) is 5.57. The SMILES string of the molecule is CCOC(=S)SCc1cc(C)c(CSC(=S)OCC)cc1C. The molecule has 1 aromatic carbocycles. The zero-order valence-corrected chi connectivity index (χ0v) is 16.7. The number of ether oxygens (including phenoxy) is 2. The second-order valence-electron chi connectivity index (χ2n) is 4.65.